The number of rotatable bonds is 6. The van der Waals surface area contributed by atoms with E-state index in [1.54, 1.807) is 55.6 Å². The Hall–Kier alpha value is -3.22. The number of hydrogen-bond acceptors (Lipinski definition) is 5. The molecule has 1 heterocycles. The third kappa shape index (κ3) is 4.06. The second kappa shape index (κ2) is 8.65. The summed E-state index contributed by atoms with van der Waals surface area (Å²) in [6.07, 6.45) is 0. The van der Waals surface area contributed by atoms with Gasteiger partial charge in [0.1, 0.15) is 16.4 Å². The summed E-state index contributed by atoms with van der Waals surface area (Å²) < 4.78 is 5.18. The molecule has 4 rings (SSSR count). The standard InChI is InChI=1S/C23H17ClN2O3S/c1-29-18-13-9-16(10-14-18)25-20-21(30-19-5-3-2-4-6-19)23(28)26(22(20)27)17-11-7-15(24)8-12-17/h2-14,25H,1H3. The lowest BCUT2D eigenvalue weighted by Gasteiger charge is -2.15. The molecule has 0 atom stereocenters. The number of imide groups is 1. The molecule has 1 aliphatic rings. The maximum Gasteiger partial charge on any atom is 0.283 e. The number of carbonyl (C=O) groups excluding carboxylic acids is 2. The van der Waals surface area contributed by atoms with E-state index in [1.165, 1.54) is 11.8 Å². The molecular weight excluding hydrogens is 420 g/mol. The van der Waals surface area contributed by atoms with Crippen LogP contribution in [0.3, 0.4) is 0 Å². The summed E-state index contributed by atoms with van der Waals surface area (Å²) >= 11 is 7.22. The number of amides is 2. The summed E-state index contributed by atoms with van der Waals surface area (Å²) in [6.45, 7) is 0. The Labute approximate surface area is 183 Å². The Morgan fingerprint density at radius 1 is 0.867 bits per heavy atom. The number of thioether (sulfide) groups is 1. The third-order valence-electron chi connectivity index (χ3n) is 4.45. The normalized spacial score (nSPS) is 13.7. The molecule has 0 aliphatic carbocycles. The minimum absolute atomic E-state index is 0.231. The van der Waals surface area contributed by atoms with Gasteiger partial charge in [-0.2, -0.15) is 0 Å². The van der Waals surface area contributed by atoms with Gasteiger partial charge in [0, 0.05) is 15.6 Å². The number of methoxy groups -OCH3 is 1. The van der Waals surface area contributed by atoms with Crippen LogP contribution >= 0.6 is 23.4 Å². The van der Waals surface area contributed by atoms with Crippen LogP contribution in [0.1, 0.15) is 0 Å². The van der Waals surface area contributed by atoms with Crippen LogP contribution in [0.4, 0.5) is 11.4 Å². The highest BCUT2D eigenvalue weighted by atomic mass is 35.5. The molecule has 3 aromatic rings. The molecule has 1 N–H and O–H groups in total. The average molecular weight is 437 g/mol. The van der Waals surface area contributed by atoms with Crippen molar-refractivity contribution in [1.82, 2.24) is 0 Å². The zero-order chi connectivity index (χ0) is 21.1. The van der Waals surface area contributed by atoms with E-state index >= 15 is 0 Å². The molecule has 5 nitrogen and oxygen atoms in total. The lowest BCUT2D eigenvalue weighted by molar-refractivity contribution is -0.120. The van der Waals surface area contributed by atoms with Gasteiger partial charge in [-0.05, 0) is 60.7 Å². The summed E-state index contributed by atoms with van der Waals surface area (Å²) in [7, 11) is 1.59. The molecule has 0 aromatic heterocycles. The van der Waals surface area contributed by atoms with Crippen LogP contribution in [0.5, 0.6) is 5.75 Å². The largest absolute Gasteiger partial charge is 0.497 e. The SMILES string of the molecule is COc1ccc(NC2=C(Sc3ccccc3)C(=O)N(c3ccc(Cl)cc3)C2=O)cc1. The second-order valence-electron chi connectivity index (χ2n) is 6.39. The van der Waals surface area contributed by atoms with Crippen LogP contribution in [0.2, 0.25) is 5.02 Å². The molecule has 3 aromatic carbocycles. The topological polar surface area (TPSA) is 58.6 Å². The monoisotopic (exact) mass is 436 g/mol. The van der Waals surface area contributed by atoms with Crippen molar-refractivity contribution in [3.05, 3.63) is 94.5 Å². The number of ether oxygens (including phenoxy) is 1. The molecule has 0 saturated heterocycles. The van der Waals surface area contributed by atoms with E-state index in [9.17, 15) is 9.59 Å². The summed E-state index contributed by atoms with van der Waals surface area (Å²) in [5.74, 6) is -0.103. The highest BCUT2D eigenvalue weighted by Gasteiger charge is 2.40. The van der Waals surface area contributed by atoms with Crippen LogP contribution in [-0.4, -0.2) is 18.9 Å². The maximum absolute atomic E-state index is 13.2. The van der Waals surface area contributed by atoms with Crippen molar-refractivity contribution in [2.45, 2.75) is 4.90 Å². The van der Waals surface area contributed by atoms with Gasteiger partial charge in [0.05, 0.1) is 12.8 Å². The number of benzene rings is 3. The first-order valence-corrected chi connectivity index (χ1v) is 10.3. The molecule has 0 unspecified atom stereocenters. The summed E-state index contributed by atoms with van der Waals surface area (Å²) in [6, 6.07) is 23.2. The predicted molar refractivity (Wildman–Crippen MR) is 120 cm³/mol. The van der Waals surface area contributed by atoms with Crippen LogP contribution in [-0.2, 0) is 9.59 Å². The van der Waals surface area contributed by atoms with Crippen molar-refractivity contribution in [3.63, 3.8) is 0 Å². The summed E-state index contributed by atoms with van der Waals surface area (Å²) in [4.78, 5) is 28.8. The van der Waals surface area contributed by atoms with E-state index in [1.807, 2.05) is 30.3 Å². The first-order chi connectivity index (χ1) is 14.6. The lowest BCUT2D eigenvalue weighted by Crippen LogP contribution is -2.32. The predicted octanol–water partition coefficient (Wildman–Crippen LogP) is 5.34. The van der Waals surface area contributed by atoms with Crippen molar-refractivity contribution in [1.29, 1.82) is 0 Å². The molecule has 0 spiro atoms. The summed E-state index contributed by atoms with van der Waals surface area (Å²) in [5, 5.41) is 3.65. The van der Waals surface area contributed by atoms with Crippen molar-refractivity contribution < 1.29 is 14.3 Å². The van der Waals surface area contributed by atoms with Crippen molar-refractivity contribution in [2.24, 2.45) is 0 Å². The van der Waals surface area contributed by atoms with E-state index in [2.05, 4.69) is 5.32 Å². The van der Waals surface area contributed by atoms with Crippen LogP contribution in [0.15, 0.2) is 94.4 Å². The lowest BCUT2D eigenvalue weighted by atomic mass is 10.2. The molecular formula is C23H17ClN2O3S. The Balaban J connectivity index is 1.71. The highest BCUT2D eigenvalue weighted by Crippen LogP contribution is 2.38. The molecule has 150 valence electrons. The molecule has 0 fully saturated rings. The fourth-order valence-corrected chi connectivity index (χ4v) is 4.04. The molecule has 30 heavy (non-hydrogen) atoms. The molecule has 0 radical (unpaired) electrons. The molecule has 0 saturated carbocycles. The number of carbonyl (C=O) groups is 2. The Morgan fingerprint density at radius 2 is 1.53 bits per heavy atom. The van der Waals surface area contributed by atoms with E-state index < -0.39 is 5.91 Å². The Bertz CT molecular complexity index is 1110. The maximum atomic E-state index is 13.2. The molecule has 7 heteroatoms. The fourth-order valence-electron chi connectivity index (χ4n) is 2.96. The number of hydrogen-bond donors (Lipinski definition) is 1. The van der Waals surface area contributed by atoms with Crippen LogP contribution in [0.25, 0.3) is 0 Å². The van der Waals surface area contributed by atoms with Crippen LogP contribution in [0, 0.1) is 0 Å². The van der Waals surface area contributed by atoms with E-state index in [4.69, 9.17) is 16.3 Å². The van der Waals surface area contributed by atoms with Gasteiger partial charge in [0.25, 0.3) is 11.8 Å². The van der Waals surface area contributed by atoms with E-state index in [0.717, 1.165) is 9.80 Å². The van der Waals surface area contributed by atoms with E-state index in [-0.39, 0.29) is 11.6 Å². The van der Waals surface area contributed by atoms with Crippen LogP contribution < -0.4 is 15.0 Å². The zero-order valence-corrected chi connectivity index (χ0v) is 17.5. The van der Waals surface area contributed by atoms with E-state index in [0.29, 0.717) is 27.1 Å². The number of nitrogens with one attached hydrogen (secondary N) is 1. The Morgan fingerprint density at radius 3 is 2.17 bits per heavy atom. The van der Waals surface area contributed by atoms with Gasteiger partial charge in [-0.15, -0.1) is 0 Å². The second-order valence-corrected chi connectivity index (χ2v) is 7.92. The van der Waals surface area contributed by atoms with Gasteiger partial charge >= 0.3 is 0 Å². The summed E-state index contributed by atoms with van der Waals surface area (Å²) in [5.41, 5.74) is 1.37. The average Bonchev–Trinajstić information content (AvgIpc) is 3.00. The van der Waals surface area contributed by atoms with Gasteiger partial charge in [-0.1, -0.05) is 41.6 Å². The van der Waals surface area contributed by atoms with Crippen molar-refractivity contribution in [3.8, 4) is 5.75 Å². The van der Waals surface area contributed by atoms with Gasteiger partial charge in [-0.3, -0.25) is 9.59 Å². The number of nitrogens with zero attached hydrogens (tertiary/aromatic N) is 1. The smallest absolute Gasteiger partial charge is 0.283 e. The number of anilines is 2. The van der Waals surface area contributed by atoms with Gasteiger partial charge in [0.2, 0.25) is 0 Å². The Kier molecular flexibility index (Phi) is 5.79. The van der Waals surface area contributed by atoms with Crippen molar-refractivity contribution in [2.75, 3.05) is 17.3 Å². The highest BCUT2D eigenvalue weighted by molar-refractivity contribution is 8.04. The first kappa shape index (κ1) is 20.1. The van der Waals surface area contributed by atoms with Gasteiger partial charge in [0.15, 0.2) is 0 Å². The quantitative estimate of drug-likeness (QED) is 0.529. The first-order valence-electron chi connectivity index (χ1n) is 9.09. The number of halogens is 1. The fraction of sp³-hybridized carbons (Fsp3) is 0.0435. The van der Waals surface area contributed by atoms with Gasteiger partial charge in [-0.25, -0.2) is 4.90 Å². The molecule has 1 aliphatic heterocycles. The van der Waals surface area contributed by atoms with Gasteiger partial charge < -0.3 is 10.1 Å². The zero-order valence-electron chi connectivity index (χ0n) is 16.0. The third-order valence-corrected chi connectivity index (χ3v) is 5.79. The van der Waals surface area contributed by atoms with Crippen molar-refractivity contribution >= 4 is 46.6 Å². The molecule has 2 amide bonds. The minimum atomic E-state index is -0.420. The minimum Gasteiger partial charge on any atom is -0.497 e. The molecule has 0 bridgehead atoms.